The van der Waals surface area contributed by atoms with Crippen molar-refractivity contribution in [1.82, 2.24) is 10.2 Å². The maximum absolute atomic E-state index is 13.3. The number of methoxy groups -OCH3 is 1. The zero-order valence-electron chi connectivity index (χ0n) is 21.2. The molecule has 2 aliphatic rings. The zero-order valence-corrected chi connectivity index (χ0v) is 21.2. The number of carbonyl (C=O) groups excluding carboxylic acids is 3. The maximum Gasteiger partial charge on any atom is 0.340 e. The van der Waals surface area contributed by atoms with Crippen molar-refractivity contribution in [2.24, 2.45) is 0 Å². The lowest BCUT2D eigenvalue weighted by atomic mass is 10.0. The molecule has 0 saturated carbocycles. The van der Waals surface area contributed by atoms with E-state index in [4.69, 9.17) is 14.2 Å². The number of hydrogen-bond donors (Lipinski definition) is 1. The molecule has 0 radical (unpaired) electrons. The van der Waals surface area contributed by atoms with Gasteiger partial charge in [-0.25, -0.2) is 4.79 Å². The molecule has 0 spiro atoms. The predicted octanol–water partition coefficient (Wildman–Crippen LogP) is 3.28. The molecule has 2 amide bonds. The number of nitrogens with one attached hydrogen (secondary N) is 1. The number of allylic oxidation sites excluding steroid dienone is 1. The molecule has 1 saturated heterocycles. The molecule has 4 rings (SSSR count). The van der Waals surface area contributed by atoms with Crippen LogP contribution in [0.25, 0.3) is 6.08 Å². The first kappa shape index (κ1) is 26.2. The van der Waals surface area contributed by atoms with E-state index in [9.17, 15) is 14.4 Å². The fourth-order valence-corrected chi connectivity index (χ4v) is 4.44. The number of amides is 2. The van der Waals surface area contributed by atoms with Crippen LogP contribution < -0.4 is 10.1 Å². The van der Waals surface area contributed by atoms with Gasteiger partial charge in [-0.2, -0.15) is 0 Å². The predicted molar refractivity (Wildman–Crippen MR) is 138 cm³/mol. The van der Waals surface area contributed by atoms with E-state index in [1.807, 2.05) is 30.3 Å². The molecule has 0 aromatic heterocycles. The number of benzene rings is 2. The molecular weight excluding hydrogens is 472 g/mol. The van der Waals surface area contributed by atoms with Gasteiger partial charge in [-0.3, -0.25) is 9.59 Å². The highest BCUT2D eigenvalue weighted by Gasteiger charge is 2.36. The molecule has 2 heterocycles. The Morgan fingerprint density at radius 3 is 2.57 bits per heavy atom. The summed E-state index contributed by atoms with van der Waals surface area (Å²) in [5, 5.41) is 2.82. The Balaban J connectivity index is 1.40. The molecular formula is C29H32N2O6. The summed E-state index contributed by atoms with van der Waals surface area (Å²) in [6, 6.07) is 16.9. The van der Waals surface area contributed by atoms with E-state index in [0.717, 1.165) is 30.6 Å². The molecule has 1 N–H and O–H groups in total. The van der Waals surface area contributed by atoms with E-state index in [1.165, 1.54) is 7.11 Å². The Morgan fingerprint density at radius 2 is 1.89 bits per heavy atom. The second kappa shape index (κ2) is 12.4. The Hall–Kier alpha value is -3.91. The van der Waals surface area contributed by atoms with Gasteiger partial charge in [0.2, 0.25) is 0 Å². The second-order valence-electron chi connectivity index (χ2n) is 9.00. The van der Waals surface area contributed by atoms with Gasteiger partial charge < -0.3 is 24.4 Å². The van der Waals surface area contributed by atoms with E-state index < -0.39 is 5.97 Å². The second-order valence-corrected chi connectivity index (χ2v) is 9.00. The van der Waals surface area contributed by atoms with Crippen LogP contribution in [0, 0.1) is 0 Å². The molecule has 37 heavy (non-hydrogen) atoms. The van der Waals surface area contributed by atoms with Crippen LogP contribution in [-0.2, 0) is 30.3 Å². The van der Waals surface area contributed by atoms with Crippen LogP contribution in [0.3, 0.4) is 0 Å². The lowest BCUT2D eigenvalue weighted by molar-refractivity contribution is -0.136. The van der Waals surface area contributed by atoms with Crippen LogP contribution in [0.5, 0.6) is 5.75 Å². The van der Waals surface area contributed by atoms with E-state index in [0.29, 0.717) is 36.5 Å². The first-order chi connectivity index (χ1) is 18.0. The van der Waals surface area contributed by atoms with Crippen LogP contribution >= 0.6 is 0 Å². The van der Waals surface area contributed by atoms with Gasteiger partial charge in [-0.1, -0.05) is 42.5 Å². The van der Waals surface area contributed by atoms with Crippen molar-refractivity contribution >= 4 is 23.9 Å². The molecule has 194 valence electrons. The van der Waals surface area contributed by atoms with Gasteiger partial charge >= 0.3 is 5.97 Å². The monoisotopic (exact) mass is 504 g/mol. The summed E-state index contributed by atoms with van der Waals surface area (Å²) in [6.45, 7) is 3.34. The minimum Gasteiger partial charge on any atom is -0.484 e. The van der Waals surface area contributed by atoms with Gasteiger partial charge in [-0.05, 0) is 55.5 Å². The quantitative estimate of drug-likeness (QED) is 0.394. The van der Waals surface area contributed by atoms with E-state index in [2.05, 4.69) is 5.32 Å². The molecule has 8 heteroatoms. The van der Waals surface area contributed by atoms with Crippen molar-refractivity contribution in [2.75, 3.05) is 33.4 Å². The summed E-state index contributed by atoms with van der Waals surface area (Å²) in [5.41, 5.74) is 2.96. The van der Waals surface area contributed by atoms with Crippen molar-refractivity contribution in [3.63, 3.8) is 0 Å². The molecule has 2 aromatic carbocycles. The number of carbonyl (C=O) groups is 3. The summed E-state index contributed by atoms with van der Waals surface area (Å²) in [5.74, 6) is -0.473. The number of hydrogen-bond acceptors (Lipinski definition) is 6. The first-order valence-electron chi connectivity index (χ1n) is 12.4. The number of ether oxygens (including phenoxy) is 3. The molecule has 0 unspecified atom stereocenters. The van der Waals surface area contributed by atoms with Crippen molar-refractivity contribution in [1.29, 1.82) is 0 Å². The van der Waals surface area contributed by atoms with Gasteiger partial charge in [0.15, 0.2) is 6.61 Å². The Morgan fingerprint density at radius 1 is 1.14 bits per heavy atom. The fraction of sp³-hybridized carbons (Fsp3) is 0.345. The third-order valence-electron chi connectivity index (χ3n) is 6.48. The van der Waals surface area contributed by atoms with Gasteiger partial charge in [-0.15, -0.1) is 0 Å². The summed E-state index contributed by atoms with van der Waals surface area (Å²) in [4.78, 5) is 39.5. The Labute approximate surface area is 216 Å². The van der Waals surface area contributed by atoms with Crippen molar-refractivity contribution in [2.45, 2.75) is 32.3 Å². The Kier molecular flexibility index (Phi) is 8.74. The highest BCUT2D eigenvalue weighted by molar-refractivity contribution is 6.16. The van der Waals surface area contributed by atoms with Gasteiger partial charge in [0.1, 0.15) is 5.75 Å². The van der Waals surface area contributed by atoms with Crippen LogP contribution in [0.4, 0.5) is 0 Å². The molecule has 0 bridgehead atoms. The highest BCUT2D eigenvalue weighted by atomic mass is 16.5. The fourth-order valence-electron chi connectivity index (χ4n) is 4.44. The first-order valence-corrected chi connectivity index (χ1v) is 12.4. The summed E-state index contributed by atoms with van der Waals surface area (Å²) in [6.07, 6.45) is 4.40. The molecule has 0 aliphatic carbocycles. The third kappa shape index (κ3) is 6.65. The van der Waals surface area contributed by atoms with E-state index >= 15 is 0 Å². The summed E-state index contributed by atoms with van der Waals surface area (Å²) >= 11 is 0. The summed E-state index contributed by atoms with van der Waals surface area (Å²) < 4.78 is 16.1. The lowest BCUT2D eigenvalue weighted by Crippen LogP contribution is -2.35. The Bertz CT molecular complexity index is 1180. The minimum atomic E-state index is -0.548. The zero-order chi connectivity index (χ0) is 26.2. The van der Waals surface area contributed by atoms with E-state index in [-0.39, 0.29) is 30.1 Å². The lowest BCUT2D eigenvalue weighted by Gasteiger charge is -2.17. The van der Waals surface area contributed by atoms with Crippen LogP contribution in [0.2, 0.25) is 0 Å². The van der Waals surface area contributed by atoms with Crippen LogP contribution in [0.15, 0.2) is 71.4 Å². The van der Waals surface area contributed by atoms with Gasteiger partial charge in [0, 0.05) is 25.4 Å². The SMILES string of the molecule is COC(=O)C1=C(C)N(CCc2ccccc2)C(=O)/C1=C\c1ccc(OCC(=O)NC[C@H]2CCCO2)cc1. The standard InChI is InChI=1S/C29H32N2O6/c1-20-27(29(34)35-2)25(28(33)31(20)15-14-21-7-4-3-5-8-21)17-22-10-12-23(13-11-22)37-19-26(32)30-18-24-9-6-16-36-24/h3-5,7-8,10-13,17,24H,6,9,14-16,18-19H2,1-2H3,(H,30,32)/b25-17-/t24-/m1/s1. The van der Waals surface area contributed by atoms with Crippen molar-refractivity contribution in [3.8, 4) is 5.75 Å². The number of rotatable bonds is 10. The maximum atomic E-state index is 13.3. The van der Waals surface area contributed by atoms with E-state index in [1.54, 1.807) is 42.2 Å². The minimum absolute atomic E-state index is 0.0800. The number of esters is 1. The van der Waals surface area contributed by atoms with Gasteiger partial charge in [0.25, 0.3) is 11.8 Å². The number of nitrogens with zero attached hydrogens (tertiary/aromatic N) is 1. The topological polar surface area (TPSA) is 94.2 Å². The van der Waals surface area contributed by atoms with Crippen molar-refractivity contribution in [3.05, 3.63) is 82.6 Å². The van der Waals surface area contributed by atoms with Crippen LogP contribution in [-0.4, -0.2) is 62.2 Å². The largest absolute Gasteiger partial charge is 0.484 e. The highest BCUT2D eigenvalue weighted by Crippen LogP contribution is 2.32. The van der Waals surface area contributed by atoms with Crippen LogP contribution in [0.1, 0.15) is 30.9 Å². The van der Waals surface area contributed by atoms with Gasteiger partial charge in [0.05, 0.1) is 24.4 Å². The molecule has 2 aliphatic heterocycles. The molecule has 2 aromatic rings. The third-order valence-corrected chi connectivity index (χ3v) is 6.48. The normalized spacial score (nSPS) is 18.4. The average molecular weight is 505 g/mol. The smallest absolute Gasteiger partial charge is 0.340 e. The molecule has 8 nitrogen and oxygen atoms in total. The van der Waals surface area contributed by atoms with Crippen molar-refractivity contribution < 1.29 is 28.6 Å². The molecule has 1 fully saturated rings. The average Bonchev–Trinajstić information content (AvgIpc) is 3.52. The molecule has 1 atom stereocenters. The summed E-state index contributed by atoms with van der Waals surface area (Å²) in [7, 11) is 1.31.